The van der Waals surface area contributed by atoms with E-state index in [0.717, 1.165) is 0 Å². The minimum Gasteiger partial charge on any atom is -0.394 e. The summed E-state index contributed by atoms with van der Waals surface area (Å²) in [6.45, 7) is -0.729. The molecular weight excluding hydrogens is 174 g/mol. The summed E-state index contributed by atoms with van der Waals surface area (Å²) in [5.74, 6) is -0.333. The number of halogens is 1. The predicted octanol–water partition coefficient (Wildman–Crippen LogP) is -2.41. The average molecular weight is 188 g/mol. The lowest BCUT2D eigenvalue weighted by molar-refractivity contribution is 0.0450. The van der Waals surface area contributed by atoms with Gasteiger partial charge in [-0.25, -0.2) is 0 Å². The number of nitrogens with two attached hydrogens (primary N) is 2. The highest BCUT2D eigenvalue weighted by atomic mass is 35.5. The van der Waals surface area contributed by atoms with Crippen molar-refractivity contribution in [3.8, 4) is 0 Å². The summed E-state index contributed by atoms with van der Waals surface area (Å²) in [5.41, 5.74) is 8.94. The van der Waals surface area contributed by atoms with Crippen molar-refractivity contribution >= 4 is 18.4 Å². The summed E-state index contributed by atoms with van der Waals surface area (Å²) in [7, 11) is 0. The molecule has 0 aliphatic carbocycles. The number of hydrogen-bond acceptors (Lipinski definition) is 4. The van der Waals surface area contributed by atoms with Crippen molar-refractivity contribution in [1.82, 2.24) is 0 Å². The molecule has 0 heterocycles. The van der Waals surface area contributed by atoms with Gasteiger partial charge in [-0.05, 0) is 0 Å². The minimum atomic E-state index is -0.954. The number of nitrogens with one attached hydrogen (secondary N) is 1. The van der Waals surface area contributed by atoms with Gasteiger partial charge in [-0.3, -0.25) is 5.41 Å². The molecule has 0 saturated heterocycles. The molecule has 0 bridgehead atoms. The average Bonchev–Trinajstić information content (AvgIpc) is 1.85. The maximum Gasteiger partial charge on any atom is 0.183 e. The Morgan fingerprint density at radius 3 is 1.45 bits per heavy atom. The van der Waals surface area contributed by atoms with Crippen LogP contribution in [0.25, 0.3) is 0 Å². The van der Waals surface area contributed by atoms with Crippen LogP contribution in [0.5, 0.6) is 0 Å². The van der Waals surface area contributed by atoms with E-state index < -0.39 is 6.10 Å². The standard InChI is InChI=1S/C3H8O3.CH5N3.ClH/c4-1-3(6)2-5;2-1(3)4;/h3-6H,1-2H2;(H5,2,3,4);1H. The molecule has 0 aliphatic heterocycles. The summed E-state index contributed by atoms with van der Waals surface area (Å²) in [6, 6.07) is 0. The highest BCUT2D eigenvalue weighted by molar-refractivity contribution is 5.85. The Morgan fingerprint density at radius 2 is 1.45 bits per heavy atom. The Morgan fingerprint density at radius 1 is 1.27 bits per heavy atom. The second-order valence-corrected chi connectivity index (χ2v) is 1.47. The van der Waals surface area contributed by atoms with Gasteiger partial charge in [0.05, 0.1) is 13.2 Å². The van der Waals surface area contributed by atoms with E-state index in [1.165, 1.54) is 0 Å². The molecule has 0 fully saturated rings. The van der Waals surface area contributed by atoms with Crippen LogP contribution in [0.2, 0.25) is 0 Å². The van der Waals surface area contributed by atoms with Gasteiger partial charge in [-0.1, -0.05) is 0 Å². The molecule has 0 radical (unpaired) electrons. The first-order valence-electron chi connectivity index (χ1n) is 2.53. The van der Waals surface area contributed by atoms with E-state index >= 15 is 0 Å². The van der Waals surface area contributed by atoms with Crippen molar-refractivity contribution in [3.63, 3.8) is 0 Å². The van der Waals surface area contributed by atoms with E-state index in [0.29, 0.717) is 0 Å². The summed E-state index contributed by atoms with van der Waals surface area (Å²) in [4.78, 5) is 0. The molecule has 0 atom stereocenters. The van der Waals surface area contributed by atoms with E-state index in [1.54, 1.807) is 0 Å². The third-order valence-corrected chi connectivity index (χ3v) is 0.421. The van der Waals surface area contributed by atoms with Crippen LogP contribution >= 0.6 is 12.4 Å². The second-order valence-electron chi connectivity index (χ2n) is 1.47. The molecule has 0 saturated carbocycles. The van der Waals surface area contributed by atoms with Crippen molar-refractivity contribution in [1.29, 1.82) is 5.41 Å². The smallest absolute Gasteiger partial charge is 0.183 e. The molecule has 6 nitrogen and oxygen atoms in total. The number of guanidine groups is 1. The first kappa shape index (κ1) is 16.8. The highest BCUT2D eigenvalue weighted by Crippen LogP contribution is 1.71. The van der Waals surface area contributed by atoms with Crippen LogP contribution in [0.1, 0.15) is 0 Å². The van der Waals surface area contributed by atoms with Crippen molar-refractivity contribution in [2.75, 3.05) is 13.2 Å². The molecule has 0 rings (SSSR count). The molecule has 0 aromatic rings. The minimum absolute atomic E-state index is 0. The van der Waals surface area contributed by atoms with Gasteiger partial charge in [0.2, 0.25) is 0 Å². The normalized spacial score (nSPS) is 7.64. The lowest BCUT2D eigenvalue weighted by Gasteiger charge is -1.96. The fourth-order valence-corrected chi connectivity index (χ4v) is 0.0577. The zero-order valence-corrected chi connectivity index (χ0v) is 6.71. The van der Waals surface area contributed by atoms with E-state index in [9.17, 15) is 0 Å². The molecule has 8 N–H and O–H groups in total. The molecule has 0 aromatic carbocycles. The largest absolute Gasteiger partial charge is 0.394 e. The maximum atomic E-state index is 8.17. The van der Waals surface area contributed by atoms with Crippen molar-refractivity contribution < 1.29 is 15.3 Å². The van der Waals surface area contributed by atoms with Gasteiger partial charge >= 0.3 is 0 Å². The number of aliphatic hydroxyl groups excluding tert-OH is 3. The quantitative estimate of drug-likeness (QED) is 0.211. The second kappa shape index (κ2) is 12.1. The van der Waals surface area contributed by atoms with Gasteiger partial charge in [0.15, 0.2) is 5.96 Å². The molecule has 0 aromatic heterocycles. The van der Waals surface area contributed by atoms with E-state index in [2.05, 4.69) is 11.5 Å². The molecule has 11 heavy (non-hydrogen) atoms. The Labute approximate surface area is 70.7 Å². The zero-order chi connectivity index (χ0) is 8.57. The SMILES string of the molecule is Cl.N=C(N)N.OCC(O)CO. The van der Waals surface area contributed by atoms with Crippen LogP contribution in [0.15, 0.2) is 0 Å². The van der Waals surface area contributed by atoms with Crippen LogP contribution in [0.4, 0.5) is 0 Å². The third-order valence-electron chi connectivity index (χ3n) is 0.421. The molecule has 0 aliphatic rings. The lowest BCUT2D eigenvalue weighted by atomic mass is 10.4. The Bertz CT molecular complexity index is 84.7. The van der Waals surface area contributed by atoms with Crippen molar-refractivity contribution in [2.45, 2.75) is 6.10 Å². The van der Waals surface area contributed by atoms with Gasteiger partial charge in [0.1, 0.15) is 6.10 Å². The molecular formula is C4H14ClN3O3. The first-order valence-corrected chi connectivity index (χ1v) is 2.53. The van der Waals surface area contributed by atoms with Gasteiger partial charge in [-0.15, -0.1) is 12.4 Å². The first-order chi connectivity index (χ1) is 4.54. The monoisotopic (exact) mass is 187 g/mol. The number of aliphatic hydroxyl groups is 3. The summed E-state index contributed by atoms with van der Waals surface area (Å²) < 4.78 is 0. The van der Waals surface area contributed by atoms with E-state index in [1.807, 2.05) is 0 Å². The third kappa shape index (κ3) is 44.2. The van der Waals surface area contributed by atoms with Gasteiger partial charge in [-0.2, -0.15) is 0 Å². The Kier molecular flexibility index (Phi) is 18.6. The number of rotatable bonds is 2. The summed E-state index contributed by atoms with van der Waals surface area (Å²) in [6.07, 6.45) is -0.954. The van der Waals surface area contributed by atoms with Crippen LogP contribution in [-0.4, -0.2) is 40.6 Å². The van der Waals surface area contributed by atoms with E-state index in [-0.39, 0.29) is 31.6 Å². The fourth-order valence-electron chi connectivity index (χ4n) is 0.0577. The van der Waals surface area contributed by atoms with Crippen LogP contribution in [0, 0.1) is 5.41 Å². The van der Waals surface area contributed by atoms with Gasteiger partial charge in [0.25, 0.3) is 0 Å². The zero-order valence-electron chi connectivity index (χ0n) is 5.90. The predicted molar refractivity (Wildman–Crippen MR) is 43.5 cm³/mol. The summed E-state index contributed by atoms with van der Waals surface area (Å²) >= 11 is 0. The summed E-state index contributed by atoms with van der Waals surface area (Å²) in [5, 5.41) is 30.1. The van der Waals surface area contributed by atoms with E-state index in [4.69, 9.17) is 20.7 Å². The fraction of sp³-hybridized carbons (Fsp3) is 0.750. The molecule has 0 amide bonds. The van der Waals surface area contributed by atoms with Crippen molar-refractivity contribution in [3.05, 3.63) is 0 Å². The highest BCUT2D eigenvalue weighted by Gasteiger charge is 1.93. The molecule has 7 heteroatoms. The van der Waals surface area contributed by atoms with Gasteiger partial charge < -0.3 is 26.8 Å². The Hall–Kier alpha value is -0.560. The van der Waals surface area contributed by atoms with Crippen LogP contribution in [0.3, 0.4) is 0 Å². The van der Waals surface area contributed by atoms with Crippen molar-refractivity contribution in [2.24, 2.45) is 11.5 Å². The van der Waals surface area contributed by atoms with Crippen LogP contribution in [-0.2, 0) is 0 Å². The molecule has 70 valence electrons. The topological polar surface area (TPSA) is 137 Å². The molecule has 0 spiro atoms. The Balaban J connectivity index is -0.000000114. The maximum absolute atomic E-state index is 8.17. The lowest BCUT2D eigenvalue weighted by Crippen LogP contribution is -2.20. The molecule has 0 unspecified atom stereocenters. The number of hydrogen-bond donors (Lipinski definition) is 6. The van der Waals surface area contributed by atoms with Gasteiger partial charge in [0, 0.05) is 0 Å². The van der Waals surface area contributed by atoms with Crippen LogP contribution < -0.4 is 11.5 Å².